The zero-order valence-corrected chi connectivity index (χ0v) is 10.9. The van der Waals surface area contributed by atoms with Gasteiger partial charge in [-0.05, 0) is 32.9 Å². The largest absolute Gasteiger partial charge is 0.412 e. The van der Waals surface area contributed by atoms with Crippen LogP contribution in [0.4, 0.5) is 4.39 Å². The highest BCUT2D eigenvalue weighted by molar-refractivity contribution is 5.90. The Morgan fingerprint density at radius 3 is 2.58 bits per heavy atom. The first-order chi connectivity index (χ1) is 8.87. The first kappa shape index (κ1) is 13.2. The van der Waals surface area contributed by atoms with Crippen molar-refractivity contribution in [3.63, 3.8) is 0 Å². The molecule has 2 rings (SSSR count). The molecule has 1 heterocycles. The van der Waals surface area contributed by atoms with Crippen LogP contribution in [-0.2, 0) is 0 Å². The second-order valence-corrected chi connectivity index (χ2v) is 5.10. The number of nitrogens with one attached hydrogen (secondary N) is 1. The van der Waals surface area contributed by atoms with Gasteiger partial charge in [0.05, 0.1) is 5.56 Å². The summed E-state index contributed by atoms with van der Waals surface area (Å²) in [4.78, 5) is 11.8. The summed E-state index contributed by atoms with van der Waals surface area (Å²) in [6.07, 6.45) is 0. The summed E-state index contributed by atoms with van der Waals surface area (Å²) in [7, 11) is 0. The van der Waals surface area contributed by atoms with Gasteiger partial charge in [0.15, 0.2) is 0 Å². The van der Waals surface area contributed by atoms with Crippen molar-refractivity contribution in [2.24, 2.45) is 0 Å². The predicted octanol–water partition coefficient (Wildman–Crippen LogP) is 2.40. The molecular weight excluding hydrogens is 249 g/mol. The fourth-order valence-electron chi connectivity index (χ4n) is 1.45. The molecule has 0 spiro atoms. The number of benzene rings is 1. The van der Waals surface area contributed by atoms with Crippen LogP contribution in [0.5, 0.6) is 0 Å². The number of carbonyl (C=O) groups excluding carboxylic acids is 1. The van der Waals surface area contributed by atoms with E-state index in [2.05, 4.69) is 15.5 Å². The van der Waals surface area contributed by atoms with Gasteiger partial charge in [-0.25, -0.2) is 4.39 Å². The molecule has 6 heteroatoms. The van der Waals surface area contributed by atoms with E-state index < -0.39 is 17.3 Å². The third-order valence-electron chi connectivity index (χ3n) is 2.21. The Bertz CT molecular complexity index is 602. The number of hydrogen-bond donors (Lipinski definition) is 1. The standard InChI is InChI=1S/C13H14FN3O2/c1-13(2,3)15-10(18)12-17-16-11(19-12)8-6-4-5-7-9(8)14/h4-7H,1-3H3,(H,15,18). The number of carbonyl (C=O) groups is 1. The summed E-state index contributed by atoms with van der Waals surface area (Å²) in [6, 6.07) is 6.00. The Balaban J connectivity index is 2.25. The molecule has 0 aliphatic heterocycles. The molecule has 2 aromatic rings. The average Bonchev–Trinajstić information content (AvgIpc) is 2.76. The van der Waals surface area contributed by atoms with Crippen molar-refractivity contribution < 1.29 is 13.6 Å². The second kappa shape index (κ2) is 4.79. The minimum absolute atomic E-state index is 0.0165. The minimum Gasteiger partial charge on any atom is -0.412 e. The predicted molar refractivity (Wildman–Crippen MR) is 66.9 cm³/mol. The van der Waals surface area contributed by atoms with Crippen molar-refractivity contribution >= 4 is 5.91 Å². The van der Waals surface area contributed by atoms with E-state index in [9.17, 15) is 9.18 Å². The molecule has 5 nitrogen and oxygen atoms in total. The molecule has 0 aliphatic carbocycles. The Hall–Kier alpha value is -2.24. The van der Waals surface area contributed by atoms with Crippen molar-refractivity contribution in [3.8, 4) is 11.5 Å². The van der Waals surface area contributed by atoms with Crippen LogP contribution in [0.25, 0.3) is 11.5 Å². The normalized spacial score (nSPS) is 11.4. The molecule has 19 heavy (non-hydrogen) atoms. The lowest BCUT2D eigenvalue weighted by Crippen LogP contribution is -2.40. The van der Waals surface area contributed by atoms with Crippen LogP contribution in [0.15, 0.2) is 28.7 Å². The number of rotatable bonds is 2. The number of halogens is 1. The molecule has 1 aromatic heterocycles. The summed E-state index contributed by atoms with van der Waals surface area (Å²) >= 11 is 0. The van der Waals surface area contributed by atoms with Gasteiger partial charge in [-0.2, -0.15) is 0 Å². The fraction of sp³-hybridized carbons (Fsp3) is 0.308. The Morgan fingerprint density at radius 1 is 1.26 bits per heavy atom. The first-order valence-corrected chi connectivity index (χ1v) is 5.78. The minimum atomic E-state index is -0.484. The molecule has 0 aliphatic rings. The number of nitrogens with zero attached hydrogens (tertiary/aromatic N) is 2. The molecule has 100 valence electrons. The zero-order chi connectivity index (χ0) is 14.0. The molecule has 0 bridgehead atoms. The summed E-state index contributed by atoms with van der Waals surface area (Å²) in [5.41, 5.74) is -0.242. The fourth-order valence-corrected chi connectivity index (χ4v) is 1.45. The van der Waals surface area contributed by atoms with Crippen molar-refractivity contribution in [2.75, 3.05) is 0 Å². The van der Waals surface area contributed by atoms with E-state index in [4.69, 9.17) is 4.42 Å². The molecule has 1 amide bonds. The van der Waals surface area contributed by atoms with Crippen LogP contribution >= 0.6 is 0 Å². The van der Waals surface area contributed by atoms with Crippen molar-refractivity contribution in [3.05, 3.63) is 36.0 Å². The van der Waals surface area contributed by atoms with E-state index >= 15 is 0 Å². The van der Waals surface area contributed by atoms with E-state index in [0.29, 0.717) is 0 Å². The highest BCUT2D eigenvalue weighted by Gasteiger charge is 2.21. The maximum absolute atomic E-state index is 13.5. The summed E-state index contributed by atoms with van der Waals surface area (Å²) in [6.45, 7) is 5.50. The maximum atomic E-state index is 13.5. The monoisotopic (exact) mass is 263 g/mol. The van der Waals surface area contributed by atoms with E-state index in [-0.39, 0.29) is 17.3 Å². The van der Waals surface area contributed by atoms with E-state index in [0.717, 1.165) is 0 Å². The zero-order valence-electron chi connectivity index (χ0n) is 10.9. The molecule has 0 unspecified atom stereocenters. The van der Waals surface area contributed by atoms with Crippen molar-refractivity contribution in [1.29, 1.82) is 0 Å². The van der Waals surface area contributed by atoms with Crippen LogP contribution in [0.3, 0.4) is 0 Å². The van der Waals surface area contributed by atoms with Gasteiger partial charge in [-0.15, -0.1) is 10.2 Å². The smallest absolute Gasteiger partial charge is 0.309 e. The average molecular weight is 263 g/mol. The van der Waals surface area contributed by atoms with Gasteiger partial charge in [-0.3, -0.25) is 4.79 Å². The molecular formula is C13H14FN3O2. The van der Waals surface area contributed by atoms with Gasteiger partial charge in [0.2, 0.25) is 0 Å². The van der Waals surface area contributed by atoms with Crippen LogP contribution < -0.4 is 5.32 Å². The molecule has 0 radical (unpaired) electrons. The molecule has 0 atom stereocenters. The Morgan fingerprint density at radius 2 is 1.95 bits per heavy atom. The van der Waals surface area contributed by atoms with Crippen LogP contribution in [-0.4, -0.2) is 21.6 Å². The number of aromatic nitrogens is 2. The molecule has 1 N–H and O–H groups in total. The van der Waals surface area contributed by atoms with Crippen LogP contribution in [0.2, 0.25) is 0 Å². The maximum Gasteiger partial charge on any atom is 0.309 e. The van der Waals surface area contributed by atoms with Crippen molar-refractivity contribution in [2.45, 2.75) is 26.3 Å². The van der Waals surface area contributed by atoms with Gasteiger partial charge >= 0.3 is 11.8 Å². The van der Waals surface area contributed by atoms with Gasteiger partial charge in [0.25, 0.3) is 5.89 Å². The molecule has 0 saturated carbocycles. The highest BCUT2D eigenvalue weighted by Crippen LogP contribution is 2.20. The van der Waals surface area contributed by atoms with Crippen LogP contribution in [0, 0.1) is 5.82 Å². The third-order valence-corrected chi connectivity index (χ3v) is 2.21. The van der Waals surface area contributed by atoms with E-state index in [1.807, 2.05) is 20.8 Å². The lowest BCUT2D eigenvalue weighted by Gasteiger charge is -2.18. The van der Waals surface area contributed by atoms with E-state index in [1.54, 1.807) is 12.1 Å². The molecule has 1 aromatic carbocycles. The number of hydrogen-bond acceptors (Lipinski definition) is 4. The first-order valence-electron chi connectivity index (χ1n) is 5.78. The lowest BCUT2D eigenvalue weighted by molar-refractivity contribution is 0.0884. The Kier molecular flexibility index (Phi) is 3.33. The van der Waals surface area contributed by atoms with Crippen LogP contribution in [0.1, 0.15) is 31.5 Å². The van der Waals surface area contributed by atoms with Gasteiger partial charge in [-0.1, -0.05) is 12.1 Å². The van der Waals surface area contributed by atoms with Crippen molar-refractivity contribution in [1.82, 2.24) is 15.5 Å². The summed E-state index contributed by atoms with van der Waals surface area (Å²) < 4.78 is 18.7. The third kappa shape index (κ3) is 3.15. The second-order valence-electron chi connectivity index (χ2n) is 5.10. The Labute approximate surface area is 109 Å². The SMILES string of the molecule is CC(C)(C)NC(=O)c1nnc(-c2ccccc2F)o1. The van der Waals surface area contributed by atoms with E-state index in [1.165, 1.54) is 12.1 Å². The van der Waals surface area contributed by atoms with Gasteiger partial charge in [0, 0.05) is 5.54 Å². The molecule has 0 fully saturated rings. The number of amides is 1. The summed E-state index contributed by atoms with van der Waals surface area (Å²) in [5.74, 6) is -1.16. The van der Waals surface area contributed by atoms with Gasteiger partial charge < -0.3 is 9.73 Å². The topological polar surface area (TPSA) is 68.0 Å². The molecule has 0 saturated heterocycles. The van der Waals surface area contributed by atoms with Gasteiger partial charge in [0.1, 0.15) is 5.82 Å². The quantitative estimate of drug-likeness (QED) is 0.903. The summed E-state index contributed by atoms with van der Waals surface area (Å²) in [5, 5.41) is 9.99. The highest BCUT2D eigenvalue weighted by atomic mass is 19.1. The lowest BCUT2D eigenvalue weighted by atomic mass is 10.1.